The molecule has 3 N–H and O–H groups in total. The van der Waals surface area contributed by atoms with Gasteiger partial charge in [0.1, 0.15) is 44.1 Å². The van der Waals surface area contributed by atoms with Gasteiger partial charge in [-0.05, 0) is 29.7 Å². The van der Waals surface area contributed by atoms with Gasteiger partial charge in [0.25, 0.3) is 0 Å². The Morgan fingerprint density at radius 2 is 1.55 bits per heavy atom. The summed E-state index contributed by atoms with van der Waals surface area (Å²) in [6.45, 7) is 8.03. The number of hydrogen-bond acceptors (Lipinski definition) is 1. The molecule has 4 heteroatoms. The number of nitrogens with zero attached hydrogens (tertiary/aromatic N) is 2. The van der Waals surface area contributed by atoms with E-state index in [-0.39, 0.29) is 0 Å². The van der Waals surface area contributed by atoms with Crippen LogP contribution < -0.4 is 10.2 Å². The smallest absolute Gasteiger partial charge is 0.137 e. The van der Waals surface area contributed by atoms with Crippen LogP contribution in [-0.4, -0.2) is 35.6 Å². The highest BCUT2D eigenvalue weighted by Crippen LogP contribution is 2.27. The second kappa shape index (κ2) is 7.82. The molecule has 0 bridgehead atoms. The minimum Gasteiger partial charge on any atom is -0.337 e. The number of fused-ring (bicyclic) bond motifs is 1. The number of rotatable bonds is 4. The molecule has 5 rings (SSSR count). The van der Waals surface area contributed by atoms with E-state index in [1.54, 1.807) is 4.90 Å². The van der Waals surface area contributed by atoms with Crippen molar-refractivity contribution in [1.82, 2.24) is 9.38 Å². The maximum absolute atomic E-state index is 5.03. The van der Waals surface area contributed by atoms with Crippen molar-refractivity contribution in [3.63, 3.8) is 0 Å². The third-order valence-electron chi connectivity index (χ3n) is 5.95. The maximum atomic E-state index is 5.03. The van der Waals surface area contributed by atoms with Crippen molar-refractivity contribution in [3.8, 4) is 22.4 Å². The molecule has 3 heterocycles. The van der Waals surface area contributed by atoms with E-state index < -0.39 is 0 Å². The zero-order valence-electron chi connectivity index (χ0n) is 16.9. The van der Waals surface area contributed by atoms with Crippen LogP contribution in [-0.2, 0) is 6.54 Å². The predicted octanol–water partition coefficient (Wildman–Crippen LogP) is 1.94. The first kappa shape index (κ1) is 18.1. The minimum absolute atomic E-state index is 1.02. The van der Waals surface area contributed by atoms with Crippen molar-refractivity contribution in [2.45, 2.75) is 13.5 Å². The maximum Gasteiger partial charge on any atom is 0.137 e. The zero-order chi connectivity index (χ0) is 19.6. The minimum atomic E-state index is 1.02. The van der Waals surface area contributed by atoms with E-state index in [0.29, 0.717) is 0 Å². The highest BCUT2D eigenvalue weighted by molar-refractivity contribution is 5.71. The number of pyridine rings is 1. The molecule has 0 amide bonds. The van der Waals surface area contributed by atoms with Gasteiger partial charge in [-0.3, -0.25) is 4.40 Å². The van der Waals surface area contributed by atoms with Crippen LogP contribution >= 0.6 is 0 Å². The average molecular weight is 385 g/mol. The molecule has 1 aliphatic rings. The number of quaternary nitrogens is 2. The molecule has 4 aromatic rings. The van der Waals surface area contributed by atoms with Gasteiger partial charge in [0.05, 0.1) is 5.69 Å². The normalized spacial score (nSPS) is 15.1. The Morgan fingerprint density at radius 1 is 0.862 bits per heavy atom. The number of imidazole rings is 1. The highest BCUT2D eigenvalue weighted by Gasteiger charge is 2.22. The fourth-order valence-corrected chi connectivity index (χ4v) is 4.35. The molecule has 1 aliphatic heterocycles. The van der Waals surface area contributed by atoms with Crippen LogP contribution in [0.2, 0.25) is 0 Å². The van der Waals surface area contributed by atoms with Crippen molar-refractivity contribution in [2.24, 2.45) is 0 Å². The van der Waals surface area contributed by atoms with E-state index in [4.69, 9.17) is 4.98 Å². The van der Waals surface area contributed by atoms with Gasteiger partial charge in [-0.15, -0.1) is 0 Å². The molecule has 2 aromatic heterocycles. The molecule has 0 saturated carbocycles. The van der Waals surface area contributed by atoms with Gasteiger partial charge in [0, 0.05) is 11.8 Å². The molecule has 2 aromatic carbocycles. The van der Waals surface area contributed by atoms with Crippen molar-refractivity contribution in [2.75, 3.05) is 26.2 Å². The molecule has 0 unspecified atom stereocenters. The Labute approximate surface area is 171 Å². The molecule has 146 valence electrons. The van der Waals surface area contributed by atoms with E-state index in [2.05, 4.69) is 89.6 Å². The molecular weight excluding hydrogens is 356 g/mol. The third kappa shape index (κ3) is 3.69. The van der Waals surface area contributed by atoms with Crippen LogP contribution in [0.3, 0.4) is 0 Å². The summed E-state index contributed by atoms with van der Waals surface area (Å²) in [7, 11) is 0. The zero-order valence-corrected chi connectivity index (χ0v) is 16.9. The number of piperazine rings is 1. The lowest BCUT2D eigenvalue weighted by Gasteiger charge is -2.22. The number of nitrogens with two attached hydrogens (primary N) is 1. The van der Waals surface area contributed by atoms with Crippen LogP contribution in [0.5, 0.6) is 0 Å². The van der Waals surface area contributed by atoms with Gasteiger partial charge < -0.3 is 10.2 Å². The third-order valence-corrected chi connectivity index (χ3v) is 5.95. The Hall–Kier alpha value is -2.95. The molecule has 1 saturated heterocycles. The topological polar surface area (TPSA) is 38.3 Å². The number of hydrogen-bond donors (Lipinski definition) is 2. The van der Waals surface area contributed by atoms with Gasteiger partial charge in [0.15, 0.2) is 0 Å². The summed E-state index contributed by atoms with van der Waals surface area (Å²) >= 11 is 0. The molecule has 0 spiro atoms. The van der Waals surface area contributed by atoms with Crippen molar-refractivity contribution >= 4 is 5.65 Å². The quantitative estimate of drug-likeness (QED) is 0.555. The lowest BCUT2D eigenvalue weighted by Crippen LogP contribution is -3.19. The van der Waals surface area contributed by atoms with Crippen LogP contribution in [0.15, 0.2) is 72.9 Å². The van der Waals surface area contributed by atoms with Crippen LogP contribution in [0.25, 0.3) is 28.0 Å². The summed E-state index contributed by atoms with van der Waals surface area (Å²) < 4.78 is 2.31. The summed E-state index contributed by atoms with van der Waals surface area (Å²) in [4.78, 5) is 6.68. The van der Waals surface area contributed by atoms with E-state index in [9.17, 15) is 0 Å². The molecule has 0 aliphatic carbocycles. The first-order chi connectivity index (χ1) is 14.3. The molecule has 1 fully saturated rings. The molecule has 29 heavy (non-hydrogen) atoms. The average Bonchev–Trinajstić information content (AvgIpc) is 3.13. The van der Waals surface area contributed by atoms with Gasteiger partial charge in [-0.2, -0.15) is 0 Å². The van der Waals surface area contributed by atoms with Gasteiger partial charge >= 0.3 is 0 Å². The second-order valence-corrected chi connectivity index (χ2v) is 8.08. The predicted molar refractivity (Wildman–Crippen MR) is 117 cm³/mol. The van der Waals surface area contributed by atoms with E-state index in [1.807, 2.05) is 0 Å². The lowest BCUT2D eigenvalue weighted by atomic mass is 10.0. The molecular formula is C25H28N4+2. The first-order valence-electron chi connectivity index (χ1n) is 10.6. The first-order valence-corrected chi connectivity index (χ1v) is 10.6. The molecule has 0 radical (unpaired) electrons. The Bertz CT molecular complexity index is 1110. The number of aromatic nitrogens is 2. The SMILES string of the molecule is Cc1ccc2nc(-c3ccc(-c4ccccc4)cc3)c(C[NH+]3CC[NH2+]CC3)n2c1. The summed E-state index contributed by atoms with van der Waals surface area (Å²) in [6, 6.07) is 23.7. The summed E-state index contributed by atoms with van der Waals surface area (Å²) in [6.07, 6.45) is 2.23. The number of benzene rings is 2. The monoisotopic (exact) mass is 384 g/mol. The highest BCUT2D eigenvalue weighted by atomic mass is 15.2. The van der Waals surface area contributed by atoms with Gasteiger partial charge in [-0.1, -0.05) is 60.7 Å². The largest absolute Gasteiger partial charge is 0.337 e. The van der Waals surface area contributed by atoms with E-state index in [0.717, 1.165) is 17.9 Å². The summed E-state index contributed by atoms with van der Waals surface area (Å²) in [5, 5.41) is 2.42. The van der Waals surface area contributed by atoms with E-state index >= 15 is 0 Å². The Kier molecular flexibility index (Phi) is 4.88. The number of aryl methyl sites for hydroxylation is 1. The van der Waals surface area contributed by atoms with Crippen molar-refractivity contribution < 1.29 is 10.2 Å². The van der Waals surface area contributed by atoms with Gasteiger partial charge in [-0.25, -0.2) is 4.98 Å². The molecule has 4 nitrogen and oxygen atoms in total. The van der Waals surface area contributed by atoms with Crippen molar-refractivity contribution in [1.29, 1.82) is 0 Å². The van der Waals surface area contributed by atoms with E-state index in [1.165, 1.54) is 54.1 Å². The Morgan fingerprint density at radius 3 is 2.31 bits per heavy atom. The standard InChI is InChI=1S/C25H26N4/c1-19-7-12-24-27-25(23(29(24)17-19)18-28-15-13-26-14-16-28)22-10-8-21(9-11-22)20-5-3-2-4-6-20/h2-12,17,26H,13-16,18H2,1H3/p+2. The second-order valence-electron chi connectivity index (χ2n) is 8.08. The summed E-state index contributed by atoms with van der Waals surface area (Å²) in [5.41, 5.74) is 8.45. The lowest BCUT2D eigenvalue weighted by molar-refractivity contribution is -0.958. The van der Waals surface area contributed by atoms with Crippen LogP contribution in [0, 0.1) is 6.92 Å². The van der Waals surface area contributed by atoms with Crippen LogP contribution in [0.1, 0.15) is 11.3 Å². The number of nitrogens with one attached hydrogen (secondary N) is 1. The van der Waals surface area contributed by atoms with Crippen LogP contribution in [0.4, 0.5) is 0 Å². The fourth-order valence-electron chi connectivity index (χ4n) is 4.35. The molecule has 0 atom stereocenters. The van der Waals surface area contributed by atoms with Crippen molar-refractivity contribution in [3.05, 3.63) is 84.2 Å². The Balaban J connectivity index is 1.55. The van der Waals surface area contributed by atoms with Gasteiger partial charge in [0.2, 0.25) is 0 Å². The summed E-state index contributed by atoms with van der Waals surface area (Å²) in [5.74, 6) is 0. The fraction of sp³-hybridized carbons (Fsp3) is 0.240.